The summed E-state index contributed by atoms with van der Waals surface area (Å²) in [4.78, 5) is 4.94. The van der Waals surface area contributed by atoms with Crippen LogP contribution in [0.1, 0.15) is 19.8 Å². The van der Waals surface area contributed by atoms with Crippen molar-refractivity contribution in [3.05, 3.63) is 24.3 Å². The van der Waals surface area contributed by atoms with Crippen LogP contribution in [0.2, 0.25) is 0 Å². The van der Waals surface area contributed by atoms with Gasteiger partial charge in [-0.15, -0.1) is 0 Å². The molecule has 62 valence electrons. The SMILES string of the molecule is CCC1(NOC)C=CC=CC1. The molecule has 1 N–H and O–H groups in total. The minimum atomic E-state index is 0.0313. The van der Waals surface area contributed by atoms with E-state index in [0.29, 0.717) is 0 Å². The molecule has 0 fully saturated rings. The Kier molecular flexibility index (Phi) is 2.85. The molecule has 2 nitrogen and oxygen atoms in total. The van der Waals surface area contributed by atoms with Crippen molar-refractivity contribution in [3.63, 3.8) is 0 Å². The second-order valence-corrected chi connectivity index (χ2v) is 2.81. The highest BCUT2D eigenvalue weighted by atomic mass is 16.6. The zero-order valence-electron chi connectivity index (χ0n) is 7.13. The standard InChI is InChI=1S/C9H15NO/c1-3-9(10-11-2)7-5-4-6-8-9/h4-7,10H,3,8H2,1-2H3. The highest BCUT2D eigenvalue weighted by Gasteiger charge is 2.23. The van der Waals surface area contributed by atoms with Crippen LogP contribution in [-0.2, 0) is 4.84 Å². The van der Waals surface area contributed by atoms with Crippen molar-refractivity contribution in [2.24, 2.45) is 0 Å². The highest BCUT2D eigenvalue weighted by molar-refractivity contribution is 5.19. The predicted octanol–water partition coefficient (Wildman–Crippen LogP) is 1.80. The van der Waals surface area contributed by atoms with Gasteiger partial charge in [0.05, 0.1) is 12.6 Å². The number of nitrogens with one attached hydrogen (secondary N) is 1. The fourth-order valence-electron chi connectivity index (χ4n) is 1.28. The fourth-order valence-corrected chi connectivity index (χ4v) is 1.28. The molecule has 0 radical (unpaired) electrons. The van der Waals surface area contributed by atoms with Gasteiger partial charge < -0.3 is 4.84 Å². The number of hydrogen-bond acceptors (Lipinski definition) is 2. The monoisotopic (exact) mass is 153 g/mol. The van der Waals surface area contributed by atoms with Gasteiger partial charge in [-0.05, 0) is 12.8 Å². The van der Waals surface area contributed by atoms with Gasteiger partial charge in [-0.1, -0.05) is 31.2 Å². The van der Waals surface area contributed by atoms with E-state index in [1.807, 2.05) is 0 Å². The van der Waals surface area contributed by atoms with E-state index < -0.39 is 0 Å². The Morgan fingerprint density at radius 1 is 1.55 bits per heavy atom. The van der Waals surface area contributed by atoms with E-state index in [9.17, 15) is 0 Å². The summed E-state index contributed by atoms with van der Waals surface area (Å²) in [6.45, 7) is 2.15. The molecule has 1 aliphatic rings. The maximum atomic E-state index is 4.94. The van der Waals surface area contributed by atoms with E-state index in [2.05, 4.69) is 36.7 Å². The van der Waals surface area contributed by atoms with Gasteiger partial charge >= 0.3 is 0 Å². The van der Waals surface area contributed by atoms with E-state index in [0.717, 1.165) is 12.8 Å². The molecule has 11 heavy (non-hydrogen) atoms. The molecule has 2 heteroatoms. The second kappa shape index (κ2) is 3.69. The summed E-state index contributed by atoms with van der Waals surface area (Å²) in [5.41, 5.74) is 3.04. The van der Waals surface area contributed by atoms with E-state index in [1.165, 1.54) is 0 Å². The summed E-state index contributed by atoms with van der Waals surface area (Å²) in [6, 6.07) is 0. The lowest BCUT2D eigenvalue weighted by atomic mass is 9.90. The molecule has 0 heterocycles. The van der Waals surface area contributed by atoms with Crippen LogP contribution in [0.5, 0.6) is 0 Å². The summed E-state index contributed by atoms with van der Waals surface area (Å²) < 4.78 is 0. The quantitative estimate of drug-likeness (QED) is 0.624. The molecule has 0 aliphatic heterocycles. The van der Waals surface area contributed by atoms with Gasteiger partial charge in [0.2, 0.25) is 0 Å². The number of hydroxylamine groups is 1. The molecular formula is C9H15NO. The lowest BCUT2D eigenvalue weighted by Crippen LogP contribution is -2.42. The molecule has 0 saturated carbocycles. The van der Waals surface area contributed by atoms with E-state index in [1.54, 1.807) is 7.11 Å². The summed E-state index contributed by atoms with van der Waals surface area (Å²) in [7, 11) is 1.66. The summed E-state index contributed by atoms with van der Waals surface area (Å²) in [5.74, 6) is 0. The van der Waals surface area contributed by atoms with Crippen LogP contribution < -0.4 is 5.48 Å². The first-order valence-corrected chi connectivity index (χ1v) is 3.97. The molecule has 1 aliphatic carbocycles. The van der Waals surface area contributed by atoms with Crippen molar-refractivity contribution in [3.8, 4) is 0 Å². The van der Waals surface area contributed by atoms with Crippen molar-refractivity contribution in [1.29, 1.82) is 0 Å². The minimum absolute atomic E-state index is 0.0313. The highest BCUT2D eigenvalue weighted by Crippen LogP contribution is 2.20. The van der Waals surface area contributed by atoms with E-state index in [4.69, 9.17) is 4.84 Å². The van der Waals surface area contributed by atoms with Crippen LogP contribution in [0, 0.1) is 0 Å². The van der Waals surface area contributed by atoms with Gasteiger partial charge in [-0.3, -0.25) is 0 Å². The summed E-state index contributed by atoms with van der Waals surface area (Å²) in [5, 5.41) is 0. The lowest BCUT2D eigenvalue weighted by molar-refractivity contribution is 0.0309. The van der Waals surface area contributed by atoms with Crippen molar-refractivity contribution < 1.29 is 4.84 Å². The smallest absolute Gasteiger partial charge is 0.0646 e. The van der Waals surface area contributed by atoms with Gasteiger partial charge in [0, 0.05) is 0 Å². The molecular weight excluding hydrogens is 138 g/mol. The lowest BCUT2D eigenvalue weighted by Gasteiger charge is -2.29. The van der Waals surface area contributed by atoms with Crippen LogP contribution >= 0.6 is 0 Å². The molecule has 0 aromatic heterocycles. The molecule has 1 unspecified atom stereocenters. The minimum Gasteiger partial charge on any atom is -0.304 e. The normalized spacial score (nSPS) is 29.3. The molecule has 1 rings (SSSR count). The maximum absolute atomic E-state index is 4.94. The average Bonchev–Trinajstić information content (AvgIpc) is 2.07. The van der Waals surface area contributed by atoms with Gasteiger partial charge in [0.15, 0.2) is 0 Å². The zero-order chi connectivity index (χ0) is 8.16. The Hall–Kier alpha value is -0.600. The van der Waals surface area contributed by atoms with Crippen LogP contribution in [0.3, 0.4) is 0 Å². The van der Waals surface area contributed by atoms with E-state index in [-0.39, 0.29) is 5.54 Å². The van der Waals surface area contributed by atoms with Crippen molar-refractivity contribution in [2.45, 2.75) is 25.3 Å². The predicted molar refractivity (Wildman–Crippen MR) is 46.1 cm³/mol. The van der Waals surface area contributed by atoms with Crippen LogP contribution in [0.15, 0.2) is 24.3 Å². The molecule has 0 aromatic carbocycles. The van der Waals surface area contributed by atoms with Gasteiger partial charge in [0.25, 0.3) is 0 Å². The average molecular weight is 153 g/mol. The van der Waals surface area contributed by atoms with Crippen LogP contribution in [-0.4, -0.2) is 12.6 Å². The summed E-state index contributed by atoms with van der Waals surface area (Å²) in [6.07, 6.45) is 10.5. The Morgan fingerprint density at radius 2 is 2.36 bits per heavy atom. The largest absolute Gasteiger partial charge is 0.304 e. The molecule has 0 spiro atoms. The molecule has 0 amide bonds. The third kappa shape index (κ3) is 1.91. The number of allylic oxidation sites excluding steroid dienone is 2. The summed E-state index contributed by atoms with van der Waals surface area (Å²) >= 11 is 0. The first-order valence-electron chi connectivity index (χ1n) is 3.97. The number of hydrogen-bond donors (Lipinski definition) is 1. The van der Waals surface area contributed by atoms with E-state index >= 15 is 0 Å². The Bertz CT molecular complexity index is 174. The second-order valence-electron chi connectivity index (χ2n) is 2.81. The van der Waals surface area contributed by atoms with Crippen molar-refractivity contribution in [2.75, 3.05) is 7.11 Å². The van der Waals surface area contributed by atoms with Gasteiger partial charge in [0.1, 0.15) is 0 Å². The first-order chi connectivity index (χ1) is 5.33. The Labute approximate surface area is 67.9 Å². The Balaban J connectivity index is 2.60. The van der Waals surface area contributed by atoms with Crippen molar-refractivity contribution in [1.82, 2.24) is 5.48 Å². The van der Waals surface area contributed by atoms with Crippen molar-refractivity contribution >= 4 is 0 Å². The first kappa shape index (κ1) is 8.50. The maximum Gasteiger partial charge on any atom is 0.0646 e. The van der Waals surface area contributed by atoms with Gasteiger partial charge in [-0.2, -0.15) is 5.48 Å². The Morgan fingerprint density at radius 3 is 2.82 bits per heavy atom. The van der Waals surface area contributed by atoms with Gasteiger partial charge in [-0.25, -0.2) is 0 Å². The van der Waals surface area contributed by atoms with Crippen LogP contribution in [0.4, 0.5) is 0 Å². The number of rotatable bonds is 3. The zero-order valence-corrected chi connectivity index (χ0v) is 7.13. The third-order valence-electron chi connectivity index (χ3n) is 2.08. The molecule has 0 aromatic rings. The molecule has 0 bridgehead atoms. The third-order valence-corrected chi connectivity index (χ3v) is 2.08. The van der Waals surface area contributed by atoms with Crippen LogP contribution in [0.25, 0.3) is 0 Å². The fraction of sp³-hybridized carbons (Fsp3) is 0.556. The topological polar surface area (TPSA) is 21.3 Å². The molecule has 1 atom stereocenters. The molecule has 0 saturated heterocycles.